The van der Waals surface area contributed by atoms with Crippen LogP contribution in [-0.2, 0) is 0 Å². The monoisotopic (exact) mass is 224 g/mol. The van der Waals surface area contributed by atoms with Gasteiger partial charge in [-0.2, -0.15) is 0 Å². The van der Waals surface area contributed by atoms with Crippen molar-refractivity contribution in [2.24, 2.45) is 17.6 Å². The zero-order valence-corrected chi connectivity index (χ0v) is 11.0. The van der Waals surface area contributed by atoms with Crippen LogP contribution in [-0.4, -0.2) is 30.1 Å². The van der Waals surface area contributed by atoms with E-state index in [1.165, 1.54) is 51.6 Å². The number of nitrogens with two attached hydrogens (primary N) is 1. The summed E-state index contributed by atoms with van der Waals surface area (Å²) in [6.45, 7) is 7.35. The number of piperidine rings is 1. The third-order valence-electron chi connectivity index (χ3n) is 4.40. The van der Waals surface area contributed by atoms with Gasteiger partial charge in [-0.1, -0.05) is 33.1 Å². The average Bonchev–Trinajstić information content (AvgIpc) is 2.41. The van der Waals surface area contributed by atoms with Gasteiger partial charge in [0.1, 0.15) is 0 Å². The number of nitrogens with zero attached hydrogens (tertiary/aromatic N) is 1. The molecule has 0 aromatic heterocycles. The molecule has 16 heavy (non-hydrogen) atoms. The van der Waals surface area contributed by atoms with E-state index in [9.17, 15) is 0 Å². The third-order valence-corrected chi connectivity index (χ3v) is 4.40. The van der Waals surface area contributed by atoms with Crippen LogP contribution in [0.25, 0.3) is 0 Å². The van der Waals surface area contributed by atoms with Crippen molar-refractivity contribution in [2.45, 2.75) is 64.5 Å². The molecule has 1 saturated carbocycles. The lowest BCUT2D eigenvalue weighted by Gasteiger charge is -2.42. The molecule has 2 aliphatic rings. The van der Waals surface area contributed by atoms with Crippen molar-refractivity contribution in [3.05, 3.63) is 0 Å². The van der Waals surface area contributed by atoms with Gasteiger partial charge in [0.2, 0.25) is 0 Å². The second kappa shape index (κ2) is 5.50. The van der Waals surface area contributed by atoms with E-state index in [0.717, 1.165) is 11.8 Å². The molecule has 2 heteroatoms. The van der Waals surface area contributed by atoms with Gasteiger partial charge in [0.05, 0.1) is 0 Å². The molecule has 2 fully saturated rings. The second-order valence-electron chi connectivity index (χ2n) is 6.27. The summed E-state index contributed by atoms with van der Waals surface area (Å²) in [5.74, 6) is 1.72. The Morgan fingerprint density at radius 3 is 2.25 bits per heavy atom. The van der Waals surface area contributed by atoms with Crippen LogP contribution in [0.2, 0.25) is 0 Å². The van der Waals surface area contributed by atoms with Crippen molar-refractivity contribution in [2.75, 3.05) is 13.1 Å². The molecular formula is C14H28N2. The zero-order valence-electron chi connectivity index (χ0n) is 11.0. The molecular weight excluding hydrogens is 196 g/mol. The van der Waals surface area contributed by atoms with E-state index in [0.29, 0.717) is 12.1 Å². The lowest BCUT2D eigenvalue weighted by molar-refractivity contribution is 0.0785. The number of rotatable bonds is 1. The van der Waals surface area contributed by atoms with Gasteiger partial charge >= 0.3 is 0 Å². The SMILES string of the molecule is CC1CC(C)CN(C2CCCCCC2N)C1. The molecule has 0 aromatic carbocycles. The number of likely N-dealkylation sites (tertiary alicyclic amines) is 1. The lowest BCUT2D eigenvalue weighted by Crippen LogP contribution is -2.52. The molecule has 0 aromatic rings. The highest BCUT2D eigenvalue weighted by molar-refractivity contribution is 4.88. The molecule has 1 heterocycles. The van der Waals surface area contributed by atoms with Crippen LogP contribution in [0.4, 0.5) is 0 Å². The molecule has 2 N–H and O–H groups in total. The van der Waals surface area contributed by atoms with Gasteiger partial charge in [-0.25, -0.2) is 0 Å². The summed E-state index contributed by atoms with van der Waals surface area (Å²) in [5, 5.41) is 0. The first-order valence-corrected chi connectivity index (χ1v) is 7.16. The fraction of sp³-hybridized carbons (Fsp3) is 1.00. The molecule has 0 bridgehead atoms. The van der Waals surface area contributed by atoms with Gasteiger partial charge in [0, 0.05) is 25.2 Å². The Bertz CT molecular complexity index is 207. The minimum Gasteiger partial charge on any atom is -0.326 e. The summed E-state index contributed by atoms with van der Waals surface area (Å²) in [5.41, 5.74) is 6.36. The van der Waals surface area contributed by atoms with E-state index in [-0.39, 0.29) is 0 Å². The van der Waals surface area contributed by atoms with E-state index in [2.05, 4.69) is 18.7 Å². The predicted octanol–water partition coefficient (Wildman–Crippen LogP) is 2.62. The van der Waals surface area contributed by atoms with Crippen LogP contribution in [0, 0.1) is 11.8 Å². The first-order chi connectivity index (χ1) is 7.66. The number of hydrogen-bond acceptors (Lipinski definition) is 2. The molecule has 0 amide bonds. The molecule has 2 rings (SSSR count). The topological polar surface area (TPSA) is 29.3 Å². The molecule has 1 aliphatic heterocycles. The summed E-state index contributed by atoms with van der Waals surface area (Å²) in [6.07, 6.45) is 8.10. The Morgan fingerprint density at radius 1 is 0.938 bits per heavy atom. The highest BCUT2D eigenvalue weighted by Gasteiger charge is 2.31. The van der Waals surface area contributed by atoms with Crippen LogP contribution in [0.5, 0.6) is 0 Å². The van der Waals surface area contributed by atoms with Crippen molar-refractivity contribution in [1.29, 1.82) is 0 Å². The molecule has 0 spiro atoms. The standard InChI is InChI=1S/C14H28N2/c1-11-8-12(2)10-16(9-11)14-7-5-3-4-6-13(14)15/h11-14H,3-10,15H2,1-2H3. The molecule has 4 unspecified atom stereocenters. The van der Waals surface area contributed by atoms with E-state index < -0.39 is 0 Å². The van der Waals surface area contributed by atoms with E-state index in [4.69, 9.17) is 5.73 Å². The molecule has 1 saturated heterocycles. The maximum Gasteiger partial charge on any atom is 0.0247 e. The predicted molar refractivity (Wildman–Crippen MR) is 69.4 cm³/mol. The minimum absolute atomic E-state index is 0.431. The van der Waals surface area contributed by atoms with Gasteiger partial charge < -0.3 is 5.73 Å². The van der Waals surface area contributed by atoms with Crippen molar-refractivity contribution in [3.8, 4) is 0 Å². The normalized spacial score (nSPS) is 42.9. The van der Waals surface area contributed by atoms with Crippen LogP contribution in [0.1, 0.15) is 52.4 Å². The highest BCUT2D eigenvalue weighted by atomic mass is 15.2. The van der Waals surface area contributed by atoms with E-state index in [1.807, 2.05) is 0 Å². The van der Waals surface area contributed by atoms with E-state index in [1.54, 1.807) is 0 Å². The van der Waals surface area contributed by atoms with Gasteiger partial charge in [-0.05, 0) is 31.1 Å². The fourth-order valence-corrected chi connectivity index (χ4v) is 3.75. The number of hydrogen-bond donors (Lipinski definition) is 1. The lowest BCUT2D eigenvalue weighted by atomic mass is 9.89. The Labute approximate surface area is 101 Å². The second-order valence-corrected chi connectivity index (χ2v) is 6.27. The third kappa shape index (κ3) is 2.98. The van der Waals surface area contributed by atoms with Crippen molar-refractivity contribution < 1.29 is 0 Å². The molecule has 94 valence electrons. The molecule has 4 atom stereocenters. The van der Waals surface area contributed by atoms with Crippen molar-refractivity contribution >= 4 is 0 Å². The first kappa shape index (κ1) is 12.4. The molecule has 2 nitrogen and oxygen atoms in total. The van der Waals surface area contributed by atoms with Crippen LogP contribution < -0.4 is 5.73 Å². The summed E-state index contributed by atoms with van der Waals surface area (Å²) >= 11 is 0. The van der Waals surface area contributed by atoms with Crippen LogP contribution in [0.15, 0.2) is 0 Å². The van der Waals surface area contributed by atoms with Gasteiger partial charge in [0.15, 0.2) is 0 Å². The smallest absolute Gasteiger partial charge is 0.0247 e. The van der Waals surface area contributed by atoms with Gasteiger partial charge in [-0.15, -0.1) is 0 Å². The molecule has 1 aliphatic carbocycles. The minimum atomic E-state index is 0.431. The Hall–Kier alpha value is -0.0800. The average molecular weight is 224 g/mol. The molecule has 0 radical (unpaired) electrons. The Kier molecular flexibility index (Phi) is 4.26. The van der Waals surface area contributed by atoms with Crippen LogP contribution in [0.3, 0.4) is 0 Å². The van der Waals surface area contributed by atoms with E-state index >= 15 is 0 Å². The Morgan fingerprint density at radius 2 is 1.56 bits per heavy atom. The zero-order chi connectivity index (χ0) is 11.5. The van der Waals surface area contributed by atoms with Crippen molar-refractivity contribution in [1.82, 2.24) is 4.90 Å². The summed E-state index contributed by atoms with van der Waals surface area (Å²) < 4.78 is 0. The van der Waals surface area contributed by atoms with Crippen LogP contribution >= 0.6 is 0 Å². The summed E-state index contributed by atoms with van der Waals surface area (Å²) in [7, 11) is 0. The highest BCUT2D eigenvalue weighted by Crippen LogP contribution is 2.28. The quantitative estimate of drug-likeness (QED) is 0.694. The largest absolute Gasteiger partial charge is 0.326 e. The van der Waals surface area contributed by atoms with Gasteiger partial charge in [0.25, 0.3) is 0 Å². The first-order valence-electron chi connectivity index (χ1n) is 7.16. The maximum absolute atomic E-state index is 6.36. The fourth-order valence-electron chi connectivity index (χ4n) is 3.75. The Balaban J connectivity index is 1.98. The maximum atomic E-state index is 6.36. The summed E-state index contributed by atoms with van der Waals surface area (Å²) in [6, 6.07) is 1.10. The van der Waals surface area contributed by atoms with Crippen molar-refractivity contribution in [3.63, 3.8) is 0 Å². The van der Waals surface area contributed by atoms with Gasteiger partial charge in [-0.3, -0.25) is 4.90 Å². The summed E-state index contributed by atoms with van der Waals surface area (Å²) in [4.78, 5) is 2.70.